The molecular weight excluding hydrogens is 278 g/mol. The van der Waals surface area contributed by atoms with Gasteiger partial charge in [-0.25, -0.2) is 0 Å². The molecule has 2 aromatic carbocycles. The lowest BCUT2D eigenvalue weighted by Crippen LogP contribution is -2.07. The third kappa shape index (κ3) is 2.66. The molecule has 1 aromatic heterocycles. The molecule has 0 aliphatic rings. The average Bonchev–Trinajstić information content (AvgIpc) is 2.87. The molecule has 1 heteroatoms. The fraction of sp³-hybridized carbons (Fsp3) is 0.0909. The summed E-state index contributed by atoms with van der Waals surface area (Å²) in [5.74, 6) is 0. The fourth-order valence-electron chi connectivity index (χ4n) is 2.93. The van der Waals surface area contributed by atoms with Gasteiger partial charge in [-0.2, -0.15) is 0 Å². The van der Waals surface area contributed by atoms with Gasteiger partial charge < -0.3 is 4.98 Å². The van der Waals surface area contributed by atoms with Crippen molar-refractivity contribution in [2.75, 3.05) is 0 Å². The van der Waals surface area contributed by atoms with Gasteiger partial charge in [-0.1, -0.05) is 63.1 Å². The Morgan fingerprint density at radius 1 is 1.09 bits per heavy atom. The molecule has 1 N–H and O–H groups in total. The van der Waals surface area contributed by atoms with Crippen molar-refractivity contribution in [1.82, 2.24) is 4.98 Å². The Bertz CT molecular complexity index is 1100. The standard InChI is InChI=1S/C22H21N/c1-5-7-12-21-19(6-2)16(4)22(23-21)20-14-18-11-9-8-10-17(18)13-15(20)3/h6-14,23H,2-5H2,1H3/b12-7-,22-20+. The van der Waals surface area contributed by atoms with Crippen LogP contribution in [0, 0.1) is 10.6 Å². The summed E-state index contributed by atoms with van der Waals surface area (Å²) in [5.41, 5.74) is 2.10. The summed E-state index contributed by atoms with van der Waals surface area (Å²) >= 11 is 0. The number of allylic oxidation sites excluding steroid dienone is 1. The highest BCUT2D eigenvalue weighted by Crippen LogP contribution is 2.12. The summed E-state index contributed by atoms with van der Waals surface area (Å²) in [7, 11) is 0. The lowest BCUT2D eigenvalue weighted by molar-refractivity contribution is 1.22. The van der Waals surface area contributed by atoms with Gasteiger partial charge in [-0.05, 0) is 40.6 Å². The van der Waals surface area contributed by atoms with Crippen molar-refractivity contribution in [3.05, 3.63) is 81.3 Å². The molecule has 0 amide bonds. The zero-order valence-corrected chi connectivity index (χ0v) is 13.5. The summed E-state index contributed by atoms with van der Waals surface area (Å²) in [4.78, 5) is 3.50. The number of hydrogen-bond acceptors (Lipinski definition) is 0. The van der Waals surface area contributed by atoms with Gasteiger partial charge in [-0.15, -0.1) is 0 Å². The summed E-state index contributed by atoms with van der Waals surface area (Å²) in [6, 6.07) is 12.6. The van der Waals surface area contributed by atoms with E-state index in [2.05, 4.69) is 74.1 Å². The van der Waals surface area contributed by atoms with Crippen molar-refractivity contribution in [3.63, 3.8) is 0 Å². The van der Waals surface area contributed by atoms with Crippen LogP contribution in [0.1, 0.15) is 24.6 Å². The van der Waals surface area contributed by atoms with Crippen LogP contribution >= 0.6 is 0 Å². The summed E-state index contributed by atoms with van der Waals surface area (Å²) in [5, 5.41) is 6.48. The topological polar surface area (TPSA) is 15.8 Å². The van der Waals surface area contributed by atoms with E-state index in [1.165, 1.54) is 10.8 Å². The Labute approximate surface area is 136 Å². The molecule has 1 heterocycles. The number of aromatic amines is 1. The van der Waals surface area contributed by atoms with Gasteiger partial charge in [0.15, 0.2) is 0 Å². The molecule has 1 nitrogen and oxygen atoms in total. The maximum atomic E-state index is 4.25. The maximum Gasteiger partial charge on any atom is 0.0538 e. The molecule has 0 spiro atoms. The molecule has 0 aliphatic carbocycles. The molecular formula is C22H21N. The summed E-state index contributed by atoms with van der Waals surface area (Å²) in [6.07, 6.45) is 7.09. The zero-order chi connectivity index (χ0) is 16.4. The second-order valence-corrected chi connectivity index (χ2v) is 5.68. The first-order chi connectivity index (χ1) is 11.2. The molecule has 23 heavy (non-hydrogen) atoms. The number of benzene rings is 2. The normalized spacial score (nSPS) is 12.9. The molecule has 0 bridgehead atoms. The highest BCUT2D eigenvalue weighted by molar-refractivity contribution is 5.82. The van der Waals surface area contributed by atoms with E-state index in [4.69, 9.17) is 0 Å². The Balaban J connectivity index is 2.48. The molecule has 3 rings (SSSR count). The minimum atomic E-state index is 0.968. The van der Waals surface area contributed by atoms with Crippen molar-refractivity contribution < 1.29 is 0 Å². The predicted octanol–water partition coefficient (Wildman–Crippen LogP) is 4.34. The van der Waals surface area contributed by atoms with Crippen molar-refractivity contribution in [2.45, 2.75) is 13.3 Å². The Hall–Kier alpha value is -2.80. The Morgan fingerprint density at radius 3 is 2.43 bits per heavy atom. The molecule has 0 radical (unpaired) electrons. The number of fused-ring (bicyclic) bond motifs is 1. The van der Waals surface area contributed by atoms with Crippen molar-refractivity contribution in [3.8, 4) is 0 Å². The molecule has 3 aromatic rings. The Morgan fingerprint density at radius 2 is 1.78 bits per heavy atom. The zero-order valence-electron chi connectivity index (χ0n) is 13.5. The van der Waals surface area contributed by atoms with Crippen molar-refractivity contribution in [2.24, 2.45) is 0 Å². The van der Waals surface area contributed by atoms with Crippen LogP contribution in [0.25, 0.3) is 36.1 Å². The lowest BCUT2D eigenvalue weighted by Gasteiger charge is -1.97. The molecule has 114 valence electrons. The first-order valence-corrected chi connectivity index (χ1v) is 7.87. The predicted molar refractivity (Wildman–Crippen MR) is 102 cm³/mol. The minimum Gasteiger partial charge on any atom is -0.354 e. The number of nitrogens with one attached hydrogen (secondary N) is 1. The first-order valence-electron chi connectivity index (χ1n) is 7.87. The van der Waals surface area contributed by atoms with Gasteiger partial charge in [0, 0.05) is 21.7 Å². The molecule has 0 fully saturated rings. The number of rotatable bonds is 3. The lowest BCUT2D eigenvalue weighted by atomic mass is 10.1. The third-order valence-electron chi connectivity index (χ3n) is 4.14. The van der Waals surface area contributed by atoms with E-state index >= 15 is 0 Å². The quantitative estimate of drug-likeness (QED) is 0.740. The summed E-state index contributed by atoms with van der Waals surface area (Å²) < 4.78 is 0. The third-order valence-corrected chi connectivity index (χ3v) is 4.14. The fourth-order valence-corrected chi connectivity index (χ4v) is 2.93. The maximum absolute atomic E-state index is 4.25. The molecule has 0 aliphatic heterocycles. The van der Waals surface area contributed by atoms with Gasteiger partial charge in [0.25, 0.3) is 0 Å². The molecule has 0 saturated carbocycles. The van der Waals surface area contributed by atoms with Crippen LogP contribution in [0.3, 0.4) is 0 Å². The van der Waals surface area contributed by atoms with E-state index in [0.717, 1.165) is 38.7 Å². The second kappa shape index (κ2) is 6.13. The largest absolute Gasteiger partial charge is 0.354 e. The van der Waals surface area contributed by atoms with Crippen LogP contribution in [-0.4, -0.2) is 4.98 Å². The van der Waals surface area contributed by atoms with Crippen LogP contribution in [0.4, 0.5) is 0 Å². The van der Waals surface area contributed by atoms with Gasteiger partial charge in [0.05, 0.1) is 5.35 Å². The highest BCUT2D eigenvalue weighted by atomic mass is 14.7. The van der Waals surface area contributed by atoms with Gasteiger partial charge in [0.1, 0.15) is 0 Å². The van der Waals surface area contributed by atoms with Gasteiger partial charge in [0.2, 0.25) is 0 Å². The van der Waals surface area contributed by atoms with Crippen LogP contribution in [0.2, 0.25) is 0 Å². The van der Waals surface area contributed by atoms with Crippen molar-refractivity contribution in [1.29, 1.82) is 0 Å². The smallest absolute Gasteiger partial charge is 0.0538 e. The van der Waals surface area contributed by atoms with Gasteiger partial charge in [-0.3, -0.25) is 0 Å². The second-order valence-electron chi connectivity index (χ2n) is 5.68. The SMILES string of the molecule is C=Cc1c(/C=C\CC)[nH]/c(=c2\cc3ccccc3cc2=C)c1=C. The minimum absolute atomic E-state index is 0.968. The van der Waals surface area contributed by atoms with E-state index in [9.17, 15) is 0 Å². The molecule has 0 saturated heterocycles. The average molecular weight is 299 g/mol. The summed E-state index contributed by atoms with van der Waals surface area (Å²) in [6.45, 7) is 14.5. The van der Waals surface area contributed by atoms with E-state index in [1.54, 1.807) is 0 Å². The van der Waals surface area contributed by atoms with E-state index in [0.29, 0.717) is 0 Å². The van der Waals surface area contributed by atoms with Crippen LogP contribution < -0.4 is 10.4 Å². The Kier molecular flexibility index (Phi) is 4.03. The van der Waals surface area contributed by atoms with Crippen molar-refractivity contribution >= 4 is 36.1 Å². The van der Waals surface area contributed by atoms with Crippen LogP contribution in [-0.2, 0) is 0 Å². The number of H-pyrrole nitrogens is 1. The van der Waals surface area contributed by atoms with Gasteiger partial charge >= 0.3 is 0 Å². The molecule has 0 unspecified atom stereocenters. The van der Waals surface area contributed by atoms with E-state index in [1.807, 2.05) is 12.1 Å². The highest BCUT2D eigenvalue weighted by Gasteiger charge is 2.03. The first kappa shape index (κ1) is 15.1. The van der Waals surface area contributed by atoms with Crippen LogP contribution in [0.5, 0.6) is 0 Å². The van der Waals surface area contributed by atoms with Crippen LogP contribution in [0.15, 0.2) is 49.1 Å². The van der Waals surface area contributed by atoms with E-state index in [-0.39, 0.29) is 0 Å². The van der Waals surface area contributed by atoms with E-state index < -0.39 is 0 Å². The number of aromatic nitrogens is 1. The monoisotopic (exact) mass is 299 g/mol. The molecule has 0 atom stereocenters. The number of hydrogen-bond donors (Lipinski definition) is 1.